The van der Waals surface area contributed by atoms with Crippen LogP contribution in [0.3, 0.4) is 0 Å². The average molecular weight is 505 g/mol. The highest BCUT2D eigenvalue weighted by atomic mass is 16.6. The molecule has 0 aliphatic heterocycles. The Morgan fingerprint density at radius 1 is 0.919 bits per heavy atom. The average Bonchev–Trinajstić information content (AvgIpc) is 3.38. The second kappa shape index (κ2) is 9.91. The highest BCUT2D eigenvalue weighted by Crippen LogP contribution is 2.41. The van der Waals surface area contributed by atoms with Crippen LogP contribution in [-0.2, 0) is 0 Å². The number of benzene rings is 3. The van der Waals surface area contributed by atoms with E-state index < -0.39 is 48.9 Å². The van der Waals surface area contributed by atoms with Gasteiger partial charge in [0.25, 0.3) is 23.4 Å². The molecule has 1 N–H and O–H groups in total. The van der Waals surface area contributed by atoms with E-state index in [0.717, 1.165) is 4.68 Å². The van der Waals surface area contributed by atoms with Gasteiger partial charge in [-0.05, 0) is 36.4 Å². The van der Waals surface area contributed by atoms with Gasteiger partial charge >= 0.3 is 0 Å². The van der Waals surface area contributed by atoms with Crippen LogP contribution in [0.1, 0.15) is 11.1 Å². The lowest BCUT2D eigenvalue weighted by Gasteiger charge is -2.09. The lowest BCUT2D eigenvalue weighted by atomic mass is 10.0. The van der Waals surface area contributed by atoms with Crippen molar-refractivity contribution >= 4 is 28.5 Å². The Hall–Kier alpha value is -5.66. The first-order valence-electron chi connectivity index (χ1n) is 10.4. The molecule has 1 heterocycles. The molecule has 14 nitrogen and oxygen atoms in total. The van der Waals surface area contributed by atoms with Crippen LogP contribution in [0, 0.1) is 30.3 Å². The Labute approximate surface area is 207 Å². The van der Waals surface area contributed by atoms with E-state index in [-0.39, 0.29) is 5.56 Å². The van der Waals surface area contributed by atoms with Crippen LogP contribution in [0.2, 0.25) is 0 Å². The molecule has 3 aromatic carbocycles. The molecule has 0 bridgehead atoms. The number of ether oxygens (including phenoxy) is 1. The lowest BCUT2D eigenvalue weighted by Crippen LogP contribution is -2.27. The van der Waals surface area contributed by atoms with Crippen LogP contribution >= 0.6 is 0 Å². The molecule has 0 spiro atoms. The van der Waals surface area contributed by atoms with Crippen molar-refractivity contribution in [2.45, 2.75) is 0 Å². The van der Waals surface area contributed by atoms with Gasteiger partial charge in [-0.25, -0.2) is 4.57 Å². The van der Waals surface area contributed by atoms with Gasteiger partial charge < -0.3 is 9.84 Å². The molecule has 14 heteroatoms. The van der Waals surface area contributed by atoms with Crippen molar-refractivity contribution in [2.75, 3.05) is 7.11 Å². The Balaban J connectivity index is 2.08. The molecular weight excluding hydrogens is 488 g/mol. The molecular formula is C23H17N6O8+. The number of nitro benzene ring substituents is 3. The molecule has 0 amide bonds. The Kier molecular flexibility index (Phi) is 6.55. The largest absolute Gasteiger partial charge is 0.504 e. The standard InChI is InChI=1S/C23H16N6O8/c1-37-18-9-7-15(8-10-18)23(30)22(26-14-25(13-24-26)16-5-3-2-4-6-16)21-19(28(33)34)11-17(27(31)32)12-20(21)29(35)36/h2-14H,1H3/p+1/b23-22+. The van der Waals surface area contributed by atoms with Crippen LogP contribution in [0.15, 0.2) is 79.4 Å². The molecule has 0 saturated heterocycles. The number of aliphatic hydroxyl groups excluding tert-OH is 1. The number of aromatic nitrogens is 3. The quantitative estimate of drug-likeness (QED) is 0.122. The van der Waals surface area contributed by atoms with Crippen LogP contribution < -0.4 is 9.30 Å². The first-order chi connectivity index (χ1) is 17.7. The number of nitro groups is 3. The van der Waals surface area contributed by atoms with Gasteiger partial charge in [0, 0.05) is 10.7 Å². The second-order valence-corrected chi connectivity index (χ2v) is 7.49. The molecule has 186 valence electrons. The van der Waals surface area contributed by atoms with Gasteiger partial charge in [0.15, 0.2) is 11.3 Å². The predicted molar refractivity (Wildman–Crippen MR) is 128 cm³/mol. The Morgan fingerprint density at radius 2 is 1.51 bits per heavy atom. The maximum atomic E-state index is 12.0. The third-order valence-electron chi connectivity index (χ3n) is 5.33. The monoisotopic (exact) mass is 505 g/mol. The first kappa shape index (κ1) is 24.5. The molecule has 0 aliphatic rings. The number of methoxy groups -OCH3 is 1. The summed E-state index contributed by atoms with van der Waals surface area (Å²) < 4.78 is 7.65. The van der Waals surface area contributed by atoms with E-state index in [9.17, 15) is 35.4 Å². The van der Waals surface area contributed by atoms with Gasteiger partial charge in [-0.1, -0.05) is 22.9 Å². The predicted octanol–water partition coefficient (Wildman–Crippen LogP) is 3.83. The molecule has 1 aromatic heterocycles. The second-order valence-electron chi connectivity index (χ2n) is 7.49. The van der Waals surface area contributed by atoms with Crippen molar-refractivity contribution in [3.8, 4) is 11.4 Å². The smallest absolute Gasteiger partial charge is 0.294 e. The zero-order chi connectivity index (χ0) is 26.7. The van der Waals surface area contributed by atoms with Gasteiger partial charge in [0.05, 0.1) is 34.0 Å². The number of para-hydroxylation sites is 1. The lowest BCUT2D eigenvalue weighted by molar-refractivity contribution is -0.596. The third kappa shape index (κ3) is 4.79. The third-order valence-corrected chi connectivity index (χ3v) is 5.33. The van der Waals surface area contributed by atoms with Crippen LogP contribution in [0.4, 0.5) is 17.1 Å². The van der Waals surface area contributed by atoms with Gasteiger partial charge in [0.2, 0.25) is 12.0 Å². The fourth-order valence-electron chi connectivity index (χ4n) is 3.60. The molecule has 0 radical (unpaired) electrons. The molecule has 0 atom stereocenters. The minimum Gasteiger partial charge on any atom is -0.504 e. The summed E-state index contributed by atoms with van der Waals surface area (Å²) in [5, 5.41) is 50.8. The number of non-ortho nitro benzene ring substituents is 1. The minimum absolute atomic E-state index is 0.125. The van der Waals surface area contributed by atoms with Crippen LogP contribution in [-0.4, -0.2) is 36.8 Å². The molecule has 0 unspecified atom stereocenters. The van der Waals surface area contributed by atoms with E-state index >= 15 is 0 Å². The number of rotatable bonds is 8. The number of aliphatic hydroxyl groups is 1. The topological polar surface area (TPSA) is 181 Å². The maximum absolute atomic E-state index is 12.0. The summed E-state index contributed by atoms with van der Waals surface area (Å²) in [5.41, 5.74) is -3.12. The first-order valence-corrected chi connectivity index (χ1v) is 10.4. The molecule has 0 aliphatic carbocycles. The van der Waals surface area contributed by atoms with Crippen LogP contribution in [0.5, 0.6) is 5.75 Å². The summed E-state index contributed by atoms with van der Waals surface area (Å²) in [6.07, 6.45) is 2.68. The summed E-state index contributed by atoms with van der Waals surface area (Å²) in [5.74, 6) is -0.155. The van der Waals surface area contributed by atoms with E-state index in [1.807, 2.05) is 0 Å². The van der Waals surface area contributed by atoms with Gasteiger partial charge in [0.1, 0.15) is 11.4 Å². The molecule has 4 rings (SSSR count). The number of nitrogens with zero attached hydrogens (tertiary/aromatic N) is 6. The number of hydrogen-bond acceptors (Lipinski definition) is 9. The van der Waals surface area contributed by atoms with E-state index in [4.69, 9.17) is 4.74 Å². The molecule has 37 heavy (non-hydrogen) atoms. The van der Waals surface area contributed by atoms with Crippen molar-refractivity contribution < 1.29 is 29.2 Å². The van der Waals surface area contributed by atoms with Crippen molar-refractivity contribution in [1.82, 2.24) is 9.78 Å². The van der Waals surface area contributed by atoms with E-state index in [2.05, 4.69) is 5.10 Å². The highest BCUT2D eigenvalue weighted by Gasteiger charge is 2.38. The van der Waals surface area contributed by atoms with Gasteiger partial charge in [-0.3, -0.25) is 30.3 Å². The summed E-state index contributed by atoms with van der Waals surface area (Å²) in [6, 6.07) is 15.9. The van der Waals surface area contributed by atoms with Gasteiger partial charge in [-0.2, -0.15) is 0 Å². The minimum atomic E-state index is -0.995. The van der Waals surface area contributed by atoms with E-state index in [1.54, 1.807) is 30.3 Å². The summed E-state index contributed by atoms with van der Waals surface area (Å²) in [4.78, 5) is 32.3. The maximum Gasteiger partial charge on any atom is 0.294 e. The summed E-state index contributed by atoms with van der Waals surface area (Å²) in [6.45, 7) is 0. The van der Waals surface area contributed by atoms with Crippen molar-refractivity contribution in [3.05, 3.63) is 121 Å². The number of hydrogen-bond donors (Lipinski definition) is 1. The highest BCUT2D eigenvalue weighted by molar-refractivity contribution is 5.93. The van der Waals surface area contributed by atoms with Crippen molar-refractivity contribution in [3.63, 3.8) is 0 Å². The molecule has 0 saturated carbocycles. The fraction of sp³-hybridized carbons (Fsp3) is 0.0435. The zero-order valence-electron chi connectivity index (χ0n) is 19.0. The Morgan fingerprint density at radius 3 is 2.03 bits per heavy atom. The van der Waals surface area contributed by atoms with Crippen molar-refractivity contribution in [2.24, 2.45) is 0 Å². The normalized spacial score (nSPS) is 11.5. The zero-order valence-corrected chi connectivity index (χ0v) is 19.0. The van der Waals surface area contributed by atoms with Gasteiger partial charge in [-0.15, -0.1) is 0 Å². The summed E-state index contributed by atoms with van der Waals surface area (Å²) in [7, 11) is 1.44. The molecule has 0 fully saturated rings. The van der Waals surface area contributed by atoms with Crippen LogP contribution in [0.25, 0.3) is 17.1 Å². The fourth-order valence-corrected chi connectivity index (χ4v) is 3.60. The summed E-state index contributed by atoms with van der Waals surface area (Å²) >= 11 is 0. The van der Waals surface area contributed by atoms with E-state index in [0.29, 0.717) is 23.6 Å². The molecule has 4 aromatic rings. The SMILES string of the molecule is COc1ccc(/C(O)=C(/c2c([N+](=O)[O-])cc([N+](=O)[O-])cc2[N+](=O)[O-])n2c[n+](-c3ccccc3)cn2)cc1. The van der Waals surface area contributed by atoms with Crippen molar-refractivity contribution in [1.29, 1.82) is 0 Å². The van der Waals surface area contributed by atoms with E-state index in [1.165, 1.54) is 48.6 Å². The Bertz CT molecular complexity index is 1510.